The molecule has 0 saturated carbocycles. The quantitative estimate of drug-likeness (QED) is 0.879. The van der Waals surface area contributed by atoms with Crippen LogP contribution >= 0.6 is 27.3 Å². The summed E-state index contributed by atoms with van der Waals surface area (Å²) in [6, 6.07) is 8.70. The molecule has 0 fully saturated rings. The Morgan fingerprint density at radius 3 is 2.68 bits per heavy atom. The molecule has 0 spiro atoms. The van der Waals surface area contributed by atoms with Gasteiger partial charge in [-0.1, -0.05) is 12.1 Å². The molecule has 0 radical (unpaired) electrons. The number of nitrogens with two attached hydrogens (primary N) is 1. The van der Waals surface area contributed by atoms with Crippen LogP contribution in [0.5, 0.6) is 0 Å². The Hall–Kier alpha value is -0.890. The van der Waals surface area contributed by atoms with E-state index in [1.807, 2.05) is 13.0 Å². The number of halogens is 1. The normalized spacial score (nSPS) is 11.5. The molecule has 2 aromatic rings. The third-order valence-electron chi connectivity index (χ3n) is 2.51. The van der Waals surface area contributed by atoms with E-state index in [9.17, 15) is 8.42 Å². The second-order valence-corrected chi connectivity index (χ2v) is 8.31. The third kappa shape index (κ3) is 3.36. The van der Waals surface area contributed by atoms with Gasteiger partial charge in [-0.15, -0.1) is 11.3 Å². The molecule has 0 aliphatic carbocycles. The van der Waals surface area contributed by atoms with Gasteiger partial charge in [-0.05, 0) is 52.2 Å². The van der Waals surface area contributed by atoms with Crippen molar-refractivity contribution >= 4 is 43.0 Å². The third-order valence-corrected chi connectivity index (χ3v) is 6.51. The van der Waals surface area contributed by atoms with Gasteiger partial charge in [0.2, 0.25) is 0 Å². The van der Waals surface area contributed by atoms with E-state index in [1.165, 1.54) is 11.3 Å². The lowest BCUT2D eigenvalue weighted by molar-refractivity contribution is 0.603. The number of hydrogen-bond donors (Lipinski definition) is 2. The molecule has 4 nitrogen and oxygen atoms in total. The molecule has 2 rings (SSSR count). The van der Waals surface area contributed by atoms with Gasteiger partial charge in [0, 0.05) is 12.2 Å². The van der Waals surface area contributed by atoms with Crippen molar-refractivity contribution in [3.63, 3.8) is 0 Å². The number of thiophene rings is 1. The summed E-state index contributed by atoms with van der Waals surface area (Å²) in [5, 5.41) is 0. The minimum absolute atomic E-state index is 0.287. The standard InChI is InChI=1S/C12H13BrN2O2S2/c1-8-5-11(18-12(8)13)19(16,17)15-10-4-2-3-9(6-10)7-14/h2-6,15H,7,14H2,1H3. The van der Waals surface area contributed by atoms with Crippen molar-refractivity contribution in [3.8, 4) is 0 Å². The molecular weight excluding hydrogens is 348 g/mol. The molecule has 1 heterocycles. The predicted octanol–water partition coefficient (Wildman–Crippen LogP) is 3.08. The minimum Gasteiger partial charge on any atom is -0.326 e. The van der Waals surface area contributed by atoms with Crippen LogP contribution in [-0.2, 0) is 16.6 Å². The van der Waals surface area contributed by atoms with Crippen LogP contribution in [-0.4, -0.2) is 8.42 Å². The molecule has 0 unspecified atom stereocenters. The summed E-state index contributed by atoms with van der Waals surface area (Å²) in [6.45, 7) is 2.23. The van der Waals surface area contributed by atoms with Crippen LogP contribution in [0.15, 0.2) is 38.3 Å². The molecule has 0 atom stereocenters. The van der Waals surface area contributed by atoms with Crippen molar-refractivity contribution in [1.29, 1.82) is 0 Å². The molecule has 0 saturated heterocycles. The van der Waals surface area contributed by atoms with Crippen LogP contribution in [0.1, 0.15) is 11.1 Å². The Morgan fingerprint density at radius 2 is 2.11 bits per heavy atom. The van der Waals surface area contributed by atoms with Crippen LogP contribution < -0.4 is 10.5 Å². The van der Waals surface area contributed by atoms with Crippen molar-refractivity contribution in [1.82, 2.24) is 0 Å². The average Bonchev–Trinajstić information content (AvgIpc) is 2.70. The molecule has 1 aromatic carbocycles. The molecular formula is C12H13BrN2O2S2. The first kappa shape index (κ1) is 14.5. The fourth-order valence-corrected chi connectivity index (χ4v) is 4.81. The zero-order valence-electron chi connectivity index (χ0n) is 10.2. The zero-order chi connectivity index (χ0) is 14.0. The maximum absolute atomic E-state index is 12.2. The second kappa shape index (κ2) is 5.62. The molecule has 19 heavy (non-hydrogen) atoms. The molecule has 0 aliphatic rings. The maximum Gasteiger partial charge on any atom is 0.271 e. The minimum atomic E-state index is -3.54. The smallest absolute Gasteiger partial charge is 0.271 e. The lowest BCUT2D eigenvalue weighted by Crippen LogP contribution is -2.11. The second-order valence-electron chi connectivity index (χ2n) is 4.03. The molecule has 3 N–H and O–H groups in total. The first-order valence-corrected chi connectivity index (χ1v) is 8.59. The summed E-state index contributed by atoms with van der Waals surface area (Å²) >= 11 is 4.52. The van der Waals surface area contributed by atoms with E-state index in [0.29, 0.717) is 12.2 Å². The first-order valence-electron chi connectivity index (χ1n) is 5.50. The van der Waals surface area contributed by atoms with E-state index >= 15 is 0 Å². The highest BCUT2D eigenvalue weighted by Crippen LogP contribution is 2.31. The summed E-state index contributed by atoms with van der Waals surface area (Å²) in [4.78, 5) is 0. The maximum atomic E-state index is 12.2. The van der Waals surface area contributed by atoms with Crippen molar-refractivity contribution < 1.29 is 8.42 Å². The SMILES string of the molecule is Cc1cc(S(=O)(=O)Nc2cccc(CN)c2)sc1Br. The Balaban J connectivity index is 2.30. The van der Waals surface area contributed by atoms with Gasteiger partial charge in [-0.3, -0.25) is 4.72 Å². The van der Waals surface area contributed by atoms with Gasteiger partial charge in [-0.25, -0.2) is 8.42 Å². The summed E-state index contributed by atoms with van der Waals surface area (Å²) in [6.07, 6.45) is 0. The van der Waals surface area contributed by atoms with Crippen LogP contribution in [0.25, 0.3) is 0 Å². The average molecular weight is 361 g/mol. The lowest BCUT2D eigenvalue weighted by atomic mass is 10.2. The van der Waals surface area contributed by atoms with E-state index in [2.05, 4.69) is 20.7 Å². The highest BCUT2D eigenvalue weighted by Gasteiger charge is 2.18. The van der Waals surface area contributed by atoms with Crippen LogP contribution in [0, 0.1) is 6.92 Å². The fourth-order valence-electron chi connectivity index (χ4n) is 1.53. The van der Waals surface area contributed by atoms with Gasteiger partial charge in [0.1, 0.15) is 4.21 Å². The van der Waals surface area contributed by atoms with Gasteiger partial charge in [0.25, 0.3) is 10.0 Å². The van der Waals surface area contributed by atoms with Crippen LogP contribution in [0.3, 0.4) is 0 Å². The number of nitrogens with one attached hydrogen (secondary N) is 1. The predicted molar refractivity (Wildman–Crippen MR) is 81.9 cm³/mol. The van der Waals surface area contributed by atoms with Gasteiger partial charge < -0.3 is 5.73 Å². The summed E-state index contributed by atoms with van der Waals surface area (Å²) in [5.74, 6) is 0. The van der Waals surface area contributed by atoms with Crippen molar-refractivity contribution in [2.45, 2.75) is 17.7 Å². The Kier molecular flexibility index (Phi) is 4.29. The highest BCUT2D eigenvalue weighted by molar-refractivity contribution is 9.11. The molecule has 1 aromatic heterocycles. The molecule has 0 bridgehead atoms. The van der Waals surface area contributed by atoms with Gasteiger partial charge >= 0.3 is 0 Å². The first-order chi connectivity index (χ1) is 8.92. The number of rotatable bonds is 4. The van der Waals surface area contributed by atoms with Gasteiger partial charge in [0.05, 0.1) is 3.79 Å². The Labute approximate surface area is 124 Å². The monoisotopic (exact) mass is 360 g/mol. The van der Waals surface area contributed by atoms with Crippen molar-refractivity contribution in [2.24, 2.45) is 5.73 Å². The topological polar surface area (TPSA) is 72.2 Å². The number of anilines is 1. The zero-order valence-corrected chi connectivity index (χ0v) is 13.4. The van der Waals surface area contributed by atoms with Crippen molar-refractivity contribution in [3.05, 3.63) is 45.2 Å². The van der Waals surface area contributed by atoms with Crippen LogP contribution in [0.2, 0.25) is 0 Å². The Bertz CT molecular complexity index is 676. The van der Waals surface area contributed by atoms with E-state index in [-0.39, 0.29) is 4.21 Å². The van der Waals surface area contributed by atoms with E-state index in [4.69, 9.17) is 5.73 Å². The van der Waals surface area contributed by atoms with E-state index in [1.54, 1.807) is 24.3 Å². The highest BCUT2D eigenvalue weighted by atomic mass is 79.9. The summed E-state index contributed by atoms with van der Waals surface area (Å²) < 4.78 is 28.1. The largest absolute Gasteiger partial charge is 0.326 e. The number of aryl methyl sites for hydroxylation is 1. The van der Waals surface area contributed by atoms with Crippen LogP contribution in [0.4, 0.5) is 5.69 Å². The summed E-state index contributed by atoms with van der Waals surface area (Å²) in [7, 11) is -3.54. The number of sulfonamides is 1. The van der Waals surface area contributed by atoms with Gasteiger partial charge in [-0.2, -0.15) is 0 Å². The van der Waals surface area contributed by atoms with E-state index < -0.39 is 10.0 Å². The lowest BCUT2D eigenvalue weighted by Gasteiger charge is -2.07. The molecule has 7 heteroatoms. The molecule has 102 valence electrons. The molecule has 0 amide bonds. The molecule has 0 aliphatic heterocycles. The summed E-state index contributed by atoms with van der Waals surface area (Å²) in [5.41, 5.74) is 7.84. The van der Waals surface area contributed by atoms with E-state index in [0.717, 1.165) is 14.9 Å². The fraction of sp³-hybridized carbons (Fsp3) is 0.167. The number of benzene rings is 1. The van der Waals surface area contributed by atoms with Crippen molar-refractivity contribution in [2.75, 3.05) is 4.72 Å². The number of hydrogen-bond acceptors (Lipinski definition) is 4. The van der Waals surface area contributed by atoms with Gasteiger partial charge in [0.15, 0.2) is 0 Å². The Morgan fingerprint density at radius 1 is 1.37 bits per heavy atom.